The highest BCUT2D eigenvalue weighted by Gasteiger charge is 2.31. The predicted molar refractivity (Wildman–Crippen MR) is 76.7 cm³/mol. The molecule has 1 fully saturated rings. The summed E-state index contributed by atoms with van der Waals surface area (Å²) < 4.78 is 0. The lowest BCUT2D eigenvalue weighted by atomic mass is 9.81. The second-order valence-electron chi connectivity index (χ2n) is 5.73. The second-order valence-corrected chi connectivity index (χ2v) is 5.73. The van der Waals surface area contributed by atoms with Gasteiger partial charge in [-0.3, -0.25) is 9.59 Å². The molecule has 19 heavy (non-hydrogen) atoms. The fourth-order valence-electron chi connectivity index (χ4n) is 3.02. The molecular formula is C16H25NO2. The minimum atomic E-state index is -0.284. The van der Waals surface area contributed by atoms with Gasteiger partial charge in [0, 0.05) is 14.3 Å². The van der Waals surface area contributed by atoms with Gasteiger partial charge >= 0.3 is 0 Å². The van der Waals surface area contributed by atoms with E-state index >= 15 is 0 Å². The molecule has 0 saturated heterocycles. The van der Waals surface area contributed by atoms with Crippen LogP contribution >= 0.6 is 0 Å². The predicted octanol–water partition coefficient (Wildman–Crippen LogP) is 3.15. The van der Waals surface area contributed by atoms with Crippen LogP contribution in [0.5, 0.6) is 0 Å². The molecule has 1 saturated carbocycles. The zero-order valence-electron chi connectivity index (χ0n) is 11.9. The Kier molecular flexibility index (Phi) is 4.60. The molecule has 2 aliphatic carbocycles. The first-order chi connectivity index (χ1) is 9.11. The highest BCUT2D eigenvalue weighted by Crippen LogP contribution is 2.28. The maximum atomic E-state index is 12.1. The topological polar surface area (TPSA) is 46.2 Å². The summed E-state index contributed by atoms with van der Waals surface area (Å²) in [6.07, 6.45) is 6.93. The van der Waals surface area contributed by atoms with Crippen molar-refractivity contribution in [3.05, 3.63) is 16.9 Å². The molecule has 1 amide bonds. The number of carbonyl (C=O) groups is 2. The molecule has 0 heterocycles. The van der Waals surface area contributed by atoms with Crippen LogP contribution in [0.25, 0.3) is 0 Å². The Morgan fingerprint density at radius 3 is 2.53 bits per heavy atom. The van der Waals surface area contributed by atoms with E-state index in [9.17, 15) is 9.59 Å². The van der Waals surface area contributed by atoms with E-state index in [-0.39, 0.29) is 19.2 Å². The molecule has 0 aromatic heterocycles. The third kappa shape index (κ3) is 3.36. The van der Waals surface area contributed by atoms with Gasteiger partial charge in [-0.15, -0.1) is 5.73 Å². The third-order valence-corrected chi connectivity index (χ3v) is 4.18. The van der Waals surface area contributed by atoms with Crippen LogP contribution in [0.1, 0.15) is 60.2 Å². The molecule has 0 radical (unpaired) electrons. The van der Waals surface area contributed by atoms with Gasteiger partial charge in [0.2, 0.25) is 0 Å². The van der Waals surface area contributed by atoms with Crippen LogP contribution in [0, 0.1) is 5.92 Å². The van der Waals surface area contributed by atoms with E-state index in [4.69, 9.17) is 0 Å². The molecule has 0 bridgehead atoms. The molecule has 2 rings (SSSR count). The lowest BCUT2D eigenvalue weighted by molar-refractivity contribution is -0.127. The summed E-state index contributed by atoms with van der Waals surface area (Å²) in [5.74, 6) is 0.403. The Morgan fingerprint density at radius 2 is 2.00 bits per heavy atom. The fraction of sp³-hybridized carbons (Fsp3) is 0.688. The van der Waals surface area contributed by atoms with E-state index in [0.29, 0.717) is 24.3 Å². The SMILES string of the molecule is CCC(=O)[C@H](NC(=O)C1=C=C(C)C1)C1CCCCC1.[HH]. The maximum Gasteiger partial charge on any atom is 0.255 e. The van der Waals surface area contributed by atoms with Crippen molar-refractivity contribution < 1.29 is 11.0 Å². The lowest BCUT2D eigenvalue weighted by Crippen LogP contribution is -2.47. The third-order valence-electron chi connectivity index (χ3n) is 4.18. The molecule has 0 unspecified atom stereocenters. The Balaban J connectivity index is 0.00000200. The van der Waals surface area contributed by atoms with Crippen LogP contribution in [0.15, 0.2) is 16.9 Å². The Morgan fingerprint density at radius 1 is 1.37 bits per heavy atom. The smallest absolute Gasteiger partial charge is 0.255 e. The van der Waals surface area contributed by atoms with Gasteiger partial charge in [-0.1, -0.05) is 26.2 Å². The molecule has 1 N–H and O–H groups in total. The molecule has 0 aromatic carbocycles. The monoisotopic (exact) mass is 263 g/mol. The van der Waals surface area contributed by atoms with Crippen molar-refractivity contribution in [3.63, 3.8) is 0 Å². The number of rotatable bonds is 5. The number of ketones is 1. The summed E-state index contributed by atoms with van der Waals surface area (Å²) in [6.45, 7) is 3.84. The van der Waals surface area contributed by atoms with Gasteiger partial charge in [0.1, 0.15) is 0 Å². The van der Waals surface area contributed by atoms with Gasteiger partial charge in [0.05, 0.1) is 11.6 Å². The molecule has 106 valence electrons. The summed E-state index contributed by atoms with van der Waals surface area (Å²) in [7, 11) is 0. The van der Waals surface area contributed by atoms with Gasteiger partial charge < -0.3 is 5.32 Å². The standard InChI is InChI=1S/C16H23NO2.H2/c1-3-14(18)15(12-7-5-4-6-8-12)17-16(19)13-9-11(2)10-13;/h12,15H,3-9H2,1-2H3,(H,17,19);1H/t15-;/m1./s1. The molecule has 3 nitrogen and oxygen atoms in total. The summed E-state index contributed by atoms with van der Waals surface area (Å²) in [5, 5.41) is 2.96. The van der Waals surface area contributed by atoms with Crippen LogP contribution in [0.3, 0.4) is 0 Å². The second kappa shape index (κ2) is 6.21. The Hall–Kier alpha value is -1.34. The minimum absolute atomic E-state index is 0. The summed E-state index contributed by atoms with van der Waals surface area (Å²) >= 11 is 0. The largest absolute Gasteiger partial charge is 0.342 e. The van der Waals surface area contributed by atoms with E-state index in [2.05, 4.69) is 11.0 Å². The van der Waals surface area contributed by atoms with Crippen LogP contribution in [0.2, 0.25) is 0 Å². The number of Topliss-reactive ketones (excluding diaryl/α,β-unsaturated/α-hetero) is 1. The van der Waals surface area contributed by atoms with E-state index in [0.717, 1.165) is 18.4 Å². The van der Waals surface area contributed by atoms with Gasteiger partial charge in [-0.25, -0.2) is 0 Å². The first kappa shape index (κ1) is 14.1. The van der Waals surface area contributed by atoms with Crippen LogP contribution < -0.4 is 5.32 Å². The average Bonchev–Trinajstić information content (AvgIpc) is 2.41. The van der Waals surface area contributed by atoms with E-state index < -0.39 is 0 Å². The minimum Gasteiger partial charge on any atom is -0.342 e. The van der Waals surface area contributed by atoms with Crippen LogP contribution in [-0.4, -0.2) is 17.7 Å². The fourth-order valence-corrected chi connectivity index (χ4v) is 3.02. The van der Waals surface area contributed by atoms with Gasteiger partial charge in [0.15, 0.2) is 5.78 Å². The van der Waals surface area contributed by atoms with E-state index in [1.165, 1.54) is 19.3 Å². The summed E-state index contributed by atoms with van der Waals surface area (Å²) in [4.78, 5) is 24.2. The first-order valence-corrected chi connectivity index (χ1v) is 7.40. The number of hydrogen-bond acceptors (Lipinski definition) is 2. The van der Waals surface area contributed by atoms with E-state index in [1.807, 2.05) is 13.8 Å². The molecule has 1 atom stereocenters. The van der Waals surface area contributed by atoms with Crippen molar-refractivity contribution in [1.29, 1.82) is 0 Å². The van der Waals surface area contributed by atoms with Gasteiger partial charge in [-0.2, -0.15) is 0 Å². The van der Waals surface area contributed by atoms with Crippen molar-refractivity contribution >= 4 is 11.7 Å². The van der Waals surface area contributed by atoms with Crippen molar-refractivity contribution in [1.82, 2.24) is 5.32 Å². The van der Waals surface area contributed by atoms with Gasteiger partial charge in [0.25, 0.3) is 5.91 Å². The molecule has 0 aliphatic heterocycles. The quantitative estimate of drug-likeness (QED) is 0.774. The van der Waals surface area contributed by atoms with Crippen molar-refractivity contribution in [3.8, 4) is 0 Å². The Labute approximate surface area is 116 Å². The van der Waals surface area contributed by atoms with Crippen LogP contribution in [0.4, 0.5) is 0 Å². The van der Waals surface area contributed by atoms with Crippen molar-refractivity contribution in [2.24, 2.45) is 5.92 Å². The molecule has 0 aromatic rings. The molecule has 2 aliphatic rings. The van der Waals surface area contributed by atoms with Crippen molar-refractivity contribution in [2.45, 2.75) is 64.8 Å². The summed E-state index contributed by atoms with van der Waals surface area (Å²) in [6, 6.07) is -0.284. The van der Waals surface area contributed by atoms with E-state index in [1.54, 1.807) is 0 Å². The zero-order valence-corrected chi connectivity index (χ0v) is 11.9. The van der Waals surface area contributed by atoms with Gasteiger partial charge in [-0.05, 0) is 31.3 Å². The number of nitrogens with one attached hydrogen (secondary N) is 1. The van der Waals surface area contributed by atoms with Crippen LogP contribution in [-0.2, 0) is 9.59 Å². The maximum absolute atomic E-state index is 12.1. The number of carbonyl (C=O) groups excluding carboxylic acids is 2. The highest BCUT2D eigenvalue weighted by atomic mass is 16.2. The average molecular weight is 263 g/mol. The number of hydrogen-bond donors (Lipinski definition) is 1. The first-order valence-electron chi connectivity index (χ1n) is 7.40. The highest BCUT2D eigenvalue weighted by molar-refractivity contribution is 5.98. The Bertz CT molecular complexity index is 443. The number of amides is 1. The zero-order chi connectivity index (χ0) is 13.8. The molecule has 0 spiro atoms. The normalized spacial score (nSPS) is 20.9. The summed E-state index contributed by atoms with van der Waals surface area (Å²) in [5.41, 5.74) is 4.83. The molecule has 3 heteroatoms. The molecular weight excluding hydrogens is 238 g/mol. The van der Waals surface area contributed by atoms with Crippen molar-refractivity contribution in [2.75, 3.05) is 0 Å². The lowest BCUT2D eigenvalue weighted by Gasteiger charge is -2.30.